The predicted octanol–water partition coefficient (Wildman–Crippen LogP) is 2.25. The van der Waals surface area contributed by atoms with Crippen molar-refractivity contribution in [3.63, 3.8) is 0 Å². The van der Waals surface area contributed by atoms with Gasteiger partial charge in [-0.2, -0.15) is 0 Å². The molecule has 0 saturated carbocycles. The van der Waals surface area contributed by atoms with Gasteiger partial charge in [-0.3, -0.25) is 9.59 Å². The van der Waals surface area contributed by atoms with Crippen molar-refractivity contribution in [2.24, 2.45) is 5.73 Å². The number of anilines is 1. The van der Waals surface area contributed by atoms with Crippen LogP contribution in [0.3, 0.4) is 0 Å². The van der Waals surface area contributed by atoms with Crippen LogP contribution in [-0.2, 0) is 0 Å². The minimum absolute atomic E-state index is 0.258. The topological polar surface area (TPSA) is 85.3 Å². The Morgan fingerprint density at radius 3 is 2.26 bits per heavy atom. The van der Waals surface area contributed by atoms with E-state index in [0.717, 1.165) is 5.56 Å². The molecule has 0 fully saturated rings. The van der Waals surface area contributed by atoms with Crippen LogP contribution in [0, 0.1) is 13.8 Å². The first-order chi connectivity index (χ1) is 8.97. The van der Waals surface area contributed by atoms with Crippen molar-refractivity contribution in [1.82, 2.24) is 0 Å². The summed E-state index contributed by atoms with van der Waals surface area (Å²) in [6.45, 7) is 3.67. The molecule has 2 amide bonds. The Morgan fingerprint density at radius 2 is 1.79 bits per heavy atom. The lowest BCUT2D eigenvalue weighted by molar-refractivity contribution is 0.0991. The van der Waals surface area contributed by atoms with Gasteiger partial charge in [-0.15, -0.1) is 0 Å². The lowest BCUT2D eigenvalue weighted by Gasteiger charge is -2.03. The highest BCUT2D eigenvalue weighted by Crippen LogP contribution is 2.16. The van der Waals surface area contributed by atoms with E-state index in [-0.39, 0.29) is 11.7 Å². The average molecular weight is 258 g/mol. The smallest absolute Gasteiger partial charge is 0.291 e. The molecule has 0 aliphatic rings. The fourth-order valence-electron chi connectivity index (χ4n) is 1.60. The summed E-state index contributed by atoms with van der Waals surface area (Å²) in [5.74, 6) is 0.140. The summed E-state index contributed by atoms with van der Waals surface area (Å²) in [4.78, 5) is 22.8. The largest absolute Gasteiger partial charge is 0.456 e. The van der Waals surface area contributed by atoms with Crippen molar-refractivity contribution in [2.75, 3.05) is 5.32 Å². The molecule has 3 N–H and O–H groups in total. The highest BCUT2D eigenvalue weighted by atomic mass is 16.3. The molecule has 2 rings (SSSR count). The van der Waals surface area contributed by atoms with Crippen LogP contribution in [0.1, 0.15) is 32.2 Å². The third-order valence-corrected chi connectivity index (χ3v) is 2.82. The van der Waals surface area contributed by atoms with Crippen LogP contribution in [0.15, 0.2) is 34.7 Å². The summed E-state index contributed by atoms with van der Waals surface area (Å²) in [6.07, 6.45) is 0. The van der Waals surface area contributed by atoms with Gasteiger partial charge in [0.25, 0.3) is 5.91 Å². The van der Waals surface area contributed by atoms with Gasteiger partial charge in [0, 0.05) is 11.3 Å². The first kappa shape index (κ1) is 12.9. The number of nitrogens with two attached hydrogens (primary N) is 1. The Hall–Kier alpha value is -2.56. The number of furan rings is 1. The number of rotatable bonds is 3. The number of amides is 2. The molecule has 0 bridgehead atoms. The Balaban J connectivity index is 2.12. The summed E-state index contributed by atoms with van der Waals surface area (Å²) >= 11 is 0. The fourth-order valence-corrected chi connectivity index (χ4v) is 1.60. The Bertz CT molecular complexity index is 607. The molecule has 2 aromatic rings. The van der Waals surface area contributed by atoms with Crippen molar-refractivity contribution in [1.29, 1.82) is 0 Å². The van der Waals surface area contributed by atoms with Crippen LogP contribution in [0.25, 0.3) is 0 Å². The standard InChI is InChI=1S/C14H14N2O3/c1-8-7-12(19-9(8)2)14(18)16-11-5-3-10(4-6-11)13(15)17/h3-7H,1-2H3,(H2,15,17)(H,16,18). The minimum Gasteiger partial charge on any atom is -0.456 e. The molecule has 5 nitrogen and oxygen atoms in total. The van der Waals surface area contributed by atoms with Gasteiger partial charge in [0.05, 0.1) is 0 Å². The molecule has 1 aromatic heterocycles. The Morgan fingerprint density at radius 1 is 1.16 bits per heavy atom. The van der Waals surface area contributed by atoms with Crippen LogP contribution in [0.2, 0.25) is 0 Å². The number of carbonyl (C=O) groups excluding carboxylic acids is 2. The minimum atomic E-state index is -0.504. The first-order valence-electron chi connectivity index (χ1n) is 5.75. The number of benzene rings is 1. The number of nitrogens with one attached hydrogen (secondary N) is 1. The summed E-state index contributed by atoms with van der Waals surface area (Å²) in [6, 6.07) is 8.01. The molecule has 0 spiro atoms. The highest BCUT2D eigenvalue weighted by molar-refractivity contribution is 6.02. The van der Waals surface area contributed by atoms with Gasteiger partial charge in [0.2, 0.25) is 5.91 Å². The molecule has 0 atom stereocenters. The molecule has 98 valence electrons. The summed E-state index contributed by atoms with van der Waals surface area (Å²) in [5, 5.41) is 2.68. The van der Waals surface area contributed by atoms with Crippen molar-refractivity contribution in [3.8, 4) is 0 Å². The van der Waals surface area contributed by atoms with Crippen LogP contribution in [0.5, 0.6) is 0 Å². The third kappa shape index (κ3) is 2.82. The van der Waals surface area contributed by atoms with Crippen LogP contribution < -0.4 is 11.1 Å². The van der Waals surface area contributed by atoms with E-state index >= 15 is 0 Å². The summed E-state index contributed by atoms with van der Waals surface area (Å²) < 4.78 is 5.32. The van der Waals surface area contributed by atoms with E-state index in [1.807, 2.05) is 6.92 Å². The van der Waals surface area contributed by atoms with Gasteiger partial charge in [0.15, 0.2) is 5.76 Å². The lowest BCUT2D eigenvalue weighted by atomic mass is 10.2. The van der Waals surface area contributed by atoms with E-state index in [2.05, 4.69) is 5.32 Å². The number of primary amides is 1. The van der Waals surface area contributed by atoms with E-state index in [4.69, 9.17) is 10.2 Å². The lowest BCUT2D eigenvalue weighted by Crippen LogP contribution is -2.13. The molecule has 0 aliphatic heterocycles. The van der Waals surface area contributed by atoms with Gasteiger partial charge in [-0.1, -0.05) is 0 Å². The zero-order valence-corrected chi connectivity index (χ0v) is 10.7. The predicted molar refractivity (Wildman–Crippen MR) is 71.1 cm³/mol. The Labute approximate surface area is 110 Å². The van der Waals surface area contributed by atoms with E-state index in [1.165, 1.54) is 0 Å². The highest BCUT2D eigenvalue weighted by Gasteiger charge is 2.12. The van der Waals surface area contributed by atoms with Crippen molar-refractivity contribution in [2.45, 2.75) is 13.8 Å². The van der Waals surface area contributed by atoms with E-state index in [0.29, 0.717) is 17.0 Å². The monoisotopic (exact) mass is 258 g/mol. The molecule has 5 heteroatoms. The Kier molecular flexibility index (Phi) is 3.37. The van der Waals surface area contributed by atoms with Gasteiger partial charge >= 0.3 is 0 Å². The van der Waals surface area contributed by atoms with Gasteiger partial charge in [0.1, 0.15) is 5.76 Å². The normalized spacial score (nSPS) is 10.2. The average Bonchev–Trinajstić information content (AvgIpc) is 2.70. The second-order valence-corrected chi connectivity index (χ2v) is 4.25. The second-order valence-electron chi connectivity index (χ2n) is 4.25. The molecule has 0 unspecified atom stereocenters. The maximum absolute atomic E-state index is 11.9. The SMILES string of the molecule is Cc1cc(C(=O)Nc2ccc(C(N)=O)cc2)oc1C. The summed E-state index contributed by atoms with van der Waals surface area (Å²) in [7, 11) is 0. The molecule has 1 heterocycles. The molecule has 0 saturated heterocycles. The van der Waals surface area contributed by atoms with Crippen LogP contribution >= 0.6 is 0 Å². The zero-order valence-electron chi connectivity index (χ0n) is 10.7. The summed E-state index contributed by atoms with van der Waals surface area (Å²) in [5.41, 5.74) is 7.02. The van der Waals surface area contributed by atoms with Gasteiger partial charge in [-0.25, -0.2) is 0 Å². The molecule has 19 heavy (non-hydrogen) atoms. The number of hydrogen-bond donors (Lipinski definition) is 2. The molecular formula is C14H14N2O3. The maximum atomic E-state index is 11.9. The van der Waals surface area contributed by atoms with Crippen molar-refractivity contribution >= 4 is 17.5 Å². The van der Waals surface area contributed by atoms with Crippen LogP contribution in [-0.4, -0.2) is 11.8 Å². The molecule has 1 aromatic carbocycles. The maximum Gasteiger partial charge on any atom is 0.291 e. The van der Waals surface area contributed by atoms with Crippen molar-refractivity contribution < 1.29 is 14.0 Å². The van der Waals surface area contributed by atoms with Crippen LogP contribution in [0.4, 0.5) is 5.69 Å². The quantitative estimate of drug-likeness (QED) is 0.885. The zero-order chi connectivity index (χ0) is 14.0. The molecule has 0 radical (unpaired) electrons. The van der Waals surface area contributed by atoms with E-state index in [9.17, 15) is 9.59 Å². The third-order valence-electron chi connectivity index (χ3n) is 2.82. The van der Waals surface area contributed by atoms with Crippen molar-refractivity contribution in [3.05, 3.63) is 53.0 Å². The van der Waals surface area contributed by atoms with E-state index in [1.54, 1.807) is 37.3 Å². The van der Waals surface area contributed by atoms with E-state index < -0.39 is 5.91 Å². The first-order valence-corrected chi connectivity index (χ1v) is 5.75. The number of hydrogen-bond acceptors (Lipinski definition) is 3. The number of aryl methyl sites for hydroxylation is 2. The second kappa shape index (κ2) is 4.97. The fraction of sp³-hybridized carbons (Fsp3) is 0.143. The number of carbonyl (C=O) groups is 2. The van der Waals surface area contributed by atoms with Gasteiger partial charge in [-0.05, 0) is 49.7 Å². The van der Waals surface area contributed by atoms with Gasteiger partial charge < -0.3 is 15.5 Å². The molecular weight excluding hydrogens is 244 g/mol. The molecule has 0 aliphatic carbocycles.